The second kappa shape index (κ2) is 12.5. The maximum absolute atomic E-state index is 13.1. The van der Waals surface area contributed by atoms with Crippen LogP contribution in [0.3, 0.4) is 0 Å². The summed E-state index contributed by atoms with van der Waals surface area (Å²) in [6, 6.07) is 21.7. The molecule has 1 atom stereocenters. The molecule has 0 saturated carbocycles. The van der Waals surface area contributed by atoms with Gasteiger partial charge in [0.1, 0.15) is 18.1 Å². The van der Waals surface area contributed by atoms with Crippen molar-refractivity contribution in [2.75, 3.05) is 37.7 Å². The molecule has 0 aromatic heterocycles. The van der Waals surface area contributed by atoms with E-state index in [1.807, 2.05) is 68.4 Å². The van der Waals surface area contributed by atoms with E-state index in [0.717, 1.165) is 37.3 Å². The molecular formula is C28H30Br2N2O4. The average molecular weight is 618 g/mol. The van der Waals surface area contributed by atoms with E-state index in [4.69, 9.17) is 14.2 Å². The van der Waals surface area contributed by atoms with Crippen molar-refractivity contribution in [1.82, 2.24) is 4.90 Å². The molecule has 0 aliphatic carbocycles. The Morgan fingerprint density at radius 2 is 1.56 bits per heavy atom. The first-order valence-corrected chi connectivity index (χ1v) is 13.7. The highest BCUT2D eigenvalue weighted by Crippen LogP contribution is 2.41. The summed E-state index contributed by atoms with van der Waals surface area (Å²) in [5.41, 5.74) is 2.95. The molecule has 190 valence electrons. The maximum Gasteiger partial charge on any atom is 0.410 e. The summed E-state index contributed by atoms with van der Waals surface area (Å²) in [7, 11) is 0. The Balaban J connectivity index is 1.65. The Kier molecular flexibility index (Phi) is 9.15. The van der Waals surface area contributed by atoms with Crippen molar-refractivity contribution in [3.05, 3.63) is 86.8 Å². The van der Waals surface area contributed by atoms with Crippen molar-refractivity contribution in [3.8, 4) is 11.5 Å². The molecule has 1 amide bonds. The van der Waals surface area contributed by atoms with Gasteiger partial charge in [-0.1, -0.05) is 68.3 Å². The normalized spacial score (nSPS) is 15.5. The van der Waals surface area contributed by atoms with Gasteiger partial charge in [0.05, 0.1) is 24.9 Å². The zero-order chi connectivity index (χ0) is 25.5. The standard InChI is InChI=1S/C28H30Br2N2O4/c1-3-34-26-16-21(29)10-12-23(26)25-18-31(28(33)36-19-20-8-6-5-7-9-20)14-15-32(25)24-13-11-22(30)17-27(24)35-4-2/h5-13,16-17,25H,3-4,14-15,18-19H2,1-2H3. The molecule has 1 heterocycles. The van der Waals surface area contributed by atoms with Crippen LogP contribution in [-0.4, -0.2) is 43.8 Å². The SMILES string of the molecule is CCOc1cc(Br)ccc1C1CN(C(=O)OCc2ccccc2)CCN1c1ccc(Br)cc1OCC. The molecule has 1 aliphatic heterocycles. The quantitative estimate of drug-likeness (QED) is 0.267. The lowest BCUT2D eigenvalue weighted by Gasteiger charge is -2.43. The van der Waals surface area contributed by atoms with Gasteiger partial charge in [0.15, 0.2) is 0 Å². The highest BCUT2D eigenvalue weighted by atomic mass is 79.9. The number of ether oxygens (including phenoxy) is 3. The van der Waals surface area contributed by atoms with Crippen LogP contribution in [0, 0.1) is 0 Å². The Morgan fingerprint density at radius 1 is 0.889 bits per heavy atom. The number of carbonyl (C=O) groups excluding carboxylic acids is 1. The van der Waals surface area contributed by atoms with Gasteiger partial charge in [0.2, 0.25) is 0 Å². The van der Waals surface area contributed by atoms with Crippen molar-refractivity contribution >= 4 is 43.6 Å². The van der Waals surface area contributed by atoms with Crippen LogP contribution in [0.4, 0.5) is 10.5 Å². The summed E-state index contributed by atoms with van der Waals surface area (Å²) in [6.45, 7) is 6.90. The summed E-state index contributed by atoms with van der Waals surface area (Å²) in [5.74, 6) is 1.59. The zero-order valence-electron chi connectivity index (χ0n) is 20.5. The topological polar surface area (TPSA) is 51.2 Å². The molecule has 0 N–H and O–H groups in total. The van der Waals surface area contributed by atoms with E-state index < -0.39 is 0 Å². The number of hydrogen-bond acceptors (Lipinski definition) is 5. The Bertz CT molecular complexity index is 1180. The van der Waals surface area contributed by atoms with Gasteiger partial charge in [-0.25, -0.2) is 4.79 Å². The van der Waals surface area contributed by atoms with E-state index in [9.17, 15) is 4.79 Å². The third kappa shape index (κ3) is 6.34. The Labute approximate surface area is 229 Å². The summed E-state index contributed by atoms with van der Waals surface area (Å²) >= 11 is 7.13. The summed E-state index contributed by atoms with van der Waals surface area (Å²) < 4.78 is 19.6. The van der Waals surface area contributed by atoms with Crippen LogP contribution in [0.25, 0.3) is 0 Å². The molecule has 3 aromatic carbocycles. The molecule has 1 aliphatic rings. The predicted molar refractivity (Wildman–Crippen MR) is 149 cm³/mol. The number of amides is 1. The highest BCUT2D eigenvalue weighted by molar-refractivity contribution is 9.10. The average Bonchev–Trinajstić information content (AvgIpc) is 2.88. The van der Waals surface area contributed by atoms with Crippen molar-refractivity contribution in [2.24, 2.45) is 0 Å². The van der Waals surface area contributed by atoms with E-state index in [0.29, 0.717) is 32.8 Å². The zero-order valence-corrected chi connectivity index (χ0v) is 23.6. The molecule has 8 heteroatoms. The van der Waals surface area contributed by atoms with E-state index in [1.54, 1.807) is 4.90 Å². The van der Waals surface area contributed by atoms with Crippen molar-refractivity contribution in [2.45, 2.75) is 26.5 Å². The van der Waals surface area contributed by atoms with Gasteiger partial charge in [-0.05, 0) is 49.7 Å². The summed E-state index contributed by atoms with van der Waals surface area (Å²) in [4.78, 5) is 17.2. The summed E-state index contributed by atoms with van der Waals surface area (Å²) in [6.07, 6.45) is -0.320. The molecule has 4 rings (SSSR count). The first kappa shape index (κ1) is 26.4. The van der Waals surface area contributed by atoms with E-state index >= 15 is 0 Å². The number of benzene rings is 3. The number of nitrogens with zero attached hydrogens (tertiary/aromatic N) is 2. The van der Waals surface area contributed by atoms with Crippen LogP contribution >= 0.6 is 31.9 Å². The third-order valence-corrected chi connectivity index (χ3v) is 7.00. The van der Waals surface area contributed by atoms with Gasteiger partial charge in [-0.3, -0.25) is 0 Å². The van der Waals surface area contributed by atoms with Crippen molar-refractivity contribution in [3.63, 3.8) is 0 Å². The van der Waals surface area contributed by atoms with E-state index in [1.165, 1.54) is 0 Å². The van der Waals surface area contributed by atoms with Crippen LogP contribution in [0.5, 0.6) is 11.5 Å². The van der Waals surface area contributed by atoms with Crippen molar-refractivity contribution in [1.29, 1.82) is 0 Å². The van der Waals surface area contributed by atoms with Gasteiger partial charge in [0, 0.05) is 34.1 Å². The van der Waals surface area contributed by atoms with Crippen molar-refractivity contribution < 1.29 is 19.0 Å². The number of anilines is 1. The second-order valence-electron chi connectivity index (χ2n) is 8.36. The largest absolute Gasteiger partial charge is 0.493 e. The minimum absolute atomic E-state index is 0.155. The lowest BCUT2D eigenvalue weighted by molar-refractivity contribution is 0.0886. The molecule has 0 spiro atoms. The molecular weight excluding hydrogens is 588 g/mol. The monoisotopic (exact) mass is 616 g/mol. The maximum atomic E-state index is 13.1. The number of piperazine rings is 1. The molecule has 1 fully saturated rings. The Morgan fingerprint density at radius 3 is 2.28 bits per heavy atom. The molecule has 0 radical (unpaired) electrons. The first-order chi connectivity index (χ1) is 17.5. The third-order valence-electron chi connectivity index (χ3n) is 6.01. The molecule has 0 bridgehead atoms. The van der Waals surface area contributed by atoms with Gasteiger partial charge in [0.25, 0.3) is 0 Å². The van der Waals surface area contributed by atoms with E-state index in [2.05, 4.69) is 48.9 Å². The molecule has 36 heavy (non-hydrogen) atoms. The van der Waals surface area contributed by atoms with Gasteiger partial charge >= 0.3 is 6.09 Å². The van der Waals surface area contributed by atoms with Crippen LogP contribution < -0.4 is 14.4 Å². The summed E-state index contributed by atoms with van der Waals surface area (Å²) in [5, 5.41) is 0. The fraction of sp³-hybridized carbons (Fsp3) is 0.321. The minimum Gasteiger partial charge on any atom is -0.493 e. The number of hydrogen-bond donors (Lipinski definition) is 0. The molecule has 1 saturated heterocycles. The predicted octanol–water partition coefficient (Wildman–Crippen LogP) is 7.21. The number of carbonyl (C=O) groups is 1. The number of halogens is 2. The molecule has 3 aromatic rings. The Hall–Kier alpha value is -2.71. The lowest BCUT2D eigenvalue weighted by atomic mass is 10.00. The smallest absolute Gasteiger partial charge is 0.410 e. The van der Waals surface area contributed by atoms with Gasteiger partial charge in [-0.2, -0.15) is 0 Å². The number of rotatable bonds is 8. The first-order valence-electron chi connectivity index (χ1n) is 12.1. The van der Waals surface area contributed by atoms with Gasteiger partial charge in [-0.15, -0.1) is 0 Å². The van der Waals surface area contributed by atoms with E-state index in [-0.39, 0.29) is 18.7 Å². The fourth-order valence-electron chi connectivity index (χ4n) is 4.37. The van der Waals surface area contributed by atoms with Crippen LogP contribution in [-0.2, 0) is 11.3 Å². The van der Waals surface area contributed by atoms with Gasteiger partial charge < -0.3 is 24.0 Å². The fourth-order valence-corrected chi connectivity index (χ4v) is 5.05. The highest BCUT2D eigenvalue weighted by Gasteiger charge is 2.34. The van der Waals surface area contributed by atoms with Crippen LogP contribution in [0.15, 0.2) is 75.7 Å². The van der Waals surface area contributed by atoms with Crippen LogP contribution in [0.1, 0.15) is 31.0 Å². The molecule has 6 nitrogen and oxygen atoms in total. The lowest BCUT2D eigenvalue weighted by Crippen LogP contribution is -2.51. The minimum atomic E-state index is -0.320. The molecule has 1 unspecified atom stereocenters. The van der Waals surface area contributed by atoms with Crippen LogP contribution in [0.2, 0.25) is 0 Å². The second-order valence-corrected chi connectivity index (χ2v) is 10.2.